The third-order valence-electron chi connectivity index (χ3n) is 3.04. The maximum atomic E-state index is 11.5. The van der Waals surface area contributed by atoms with Crippen LogP contribution in [0.15, 0.2) is 18.2 Å². The minimum Gasteiger partial charge on any atom is -0.375 e. The van der Waals surface area contributed by atoms with Crippen LogP contribution in [0.2, 0.25) is 0 Å². The molecule has 0 aliphatic rings. The summed E-state index contributed by atoms with van der Waals surface area (Å²) in [6, 6.07) is 4.42. The molecule has 1 rings (SSSR count). The van der Waals surface area contributed by atoms with Gasteiger partial charge in [-0.2, -0.15) is 0 Å². The molecule has 6 nitrogen and oxygen atoms in total. The number of amides is 1. The second-order valence-corrected chi connectivity index (χ2v) is 4.93. The Kier molecular flexibility index (Phi) is 4.47. The molecule has 0 saturated heterocycles. The van der Waals surface area contributed by atoms with E-state index in [1.54, 1.807) is 12.1 Å². The van der Waals surface area contributed by atoms with Gasteiger partial charge in [-0.3, -0.25) is 14.9 Å². The van der Waals surface area contributed by atoms with Crippen molar-refractivity contribution in [2.24, 2.45) is 0 Å². The first-order valence-corrected chi connectivity index (χ1v) is 6.09. The fourth-order valence-corrected chi connectivity index (χ4v) is 1.53. The van der Waals surface area contributed by atoms with Gasteiger partial charge in [-0.25, -0.2) is 0 Å². The van der Waals surface area contributed by atoms with Crippen LogP contribution in [0.1, 0.15) is 37.6 Å². The third kappa shape index (κ3) is 3.67. The van der Waals surface area contributed by atoms with Gasteiger partial charge in [-0.05, 0) is 32.4 Å². The van der Waals surface area contributed by atoms with Crippen LogP contribution in [0.3, 0.4) is 0 Å². The zero-order valence-corrected chi connectivity index (χ0v) is 11.6. The first-order valence-electron chi connectivity index (χ1n) is 6.09. The number of hydrogen-bond acceptors (Lipinski definition) is 4. The average Bonchev–Trinajstić information content (AvgIpc) is 2.37. The monoisotopic (exact) mass is 265 g/mol. The minimum atomic E-state index is -0.486. The van der Waals surface area contributed by atoms with Crippen molar-refractivity contribution in [2.45, 2.75) is 32.7 Å². The smallest absolute Gasteiger partial charge is 0.293 e. The Bertz CT molecular complexity index is 498. The summed E-state index contributed by atoms with van der Waals surface area (Å²) >= 11 is 0. The highest BCUT2D eigenvalue weighted by molar-refractivity contribution is 5.95. The van der Waals surface area contributed by atoms with Gasteiger partial charge in [0.15, 0.2) is 0 Å². The van der Waals surface area contributed by atoms with Gasteiger partial charge in [0.2, 0.25) is 0 Å². The van der Waals surface area contributed by atoms with E-state index in [4.69, 9.17) is 0 Å². The van der Waals surface area contributed by atoms with Crippen molar-refractivity contribution in [3.63, 3.8) is 0 Å². The van der Waals surface area contributed by atoms with E-state index in [0.717, 1.165) is 6.42 Å². The second kappa shape index (κ2) is 5.69. The molecule has 19 heavy (non-hydrogen) atoms. The topological polar surface area (TPSA) is 84.3 Å². The fraction of sp³-hybridized carbons (Fsp3) is 0.462. The first kappa shape index (κ1) is 14.9. The summed E-state index contributed by atoms with van der Waals surface area (Å²) in [7, 11) is 1.49. The molecule has 0 unspecified atom stereocenters. The lowest BCUT2D eigenvalue weighted by atomic mass is 10.0. The molecule has 2 N–H and O–H groups in total. The van der Waals surface area contributed by atoms with Crippen LogP contribution in [0, 0.1) is 10.1 Å². The van der Waals surface area contributed by atoms with Crippen LogP contribution in [0.25, 0.3) is 0 Å². The number of benzene rings is 1. The summed E-state index contributed by atoms with van der Waals surface area (Å²) in [5.74, 6) is -0.343. The van der Waals surface area contributed by atoms with Gasteiger partial charge in [0.1, 0.15) is 5.69 Å². The van der Waals surface area contributed by atoms with E-state index < -0.39 is 4.92 Å². The SMILES string of the molecule is CCC(C)(C)Nc1ccc(C(=O)NC)cc1[N+](=O)[O-]. The molecule has 0 aromatic heterocycles. The summed E-state index contributed by atoms with van der Waals surface area (Å²) in [5.41, 5.74) is 0.348. The molecule has 0 aliphatic heterocycles. The van der Waals surface area contributed by atoms with Crippen LogP contribution >= 0.6 is 0 Å². The normalized spacial score (nSPS) is 10.9. The maximum absolute atomic E-state index is 11.5. The molecule has 104 valence electrons. The highest BCUT2D eigenvalue weighted by Gasteiger charge is 2.22. The van der Waals surface area contributed by atoms with E-state index in [2.05, 4.69) is 10.6 Å². The molecule has 0 heterocycles. The van der Waals surface area contributed by atoms with Crippen LogP contribution in [0.4, 0.5) is 11.4 Å². The van der Waals surface area contributed by atoms with Crippen LogP contribution < -0.4 is 10.6 Å². The lowest BCUT2D eigenvalue weighted by Crippen LogP contribution is -2.30. The summed E-state index contributed by atoms with van der Waals surface area (Å²) in [5, 5.41) is 16.7. The molecule has 0 radical (unpaired) electrons. The number of carbonyl (C=O) groups excluding carboxylic acids is 1. The number of hydrogen-bond donors (Lipinski definition) is 2. The van der Waals surface area contributed by atoms with E-state index in [1.165, 1.54) is 13.1 Å². The van der Waals surface area contributed by atoms with E-state index in [-0.39, 0.29) is 22.7 Å². The van der Waals surface area contributed by atoms with Crippen molar-refractivity contribution in [2.75, 3.05) is 12.4 Å². The van der Waals surface area contributed by atoms with E-state index in [0.29, 0.717) is 5.69 Å². The standard InChI is InChI=1S/C13H19N3O3/c1-5-13(2,3)15-10-7-6-9(12(17)14-4)8-11(10)16(18)19/h6-8,15H,5H2,1-4H3,(H,14,17). The predicted octanol–water partition coefficient (Wildman–Crippen LogP) is 2.55. The number of carbonyl (C=O) groups is 1. The number of nitro benzene ring substituents is 1. The lowest BCUT2D eigenvalue weighted by molar-refractivity contribution is -0.384. The van der Waals surface area contributed by atoms with Crippen molar-refractivity contribution in [1.82, 2.24) is 5.32 Å². The zero-order valence-electron chi connectivity index (χ0n) is 11.6. The molecule has 0 bridgehead atoms. The Balaban J connectivity index is 3.19. The lowest BCUT2D eigenvalue weighted by Gasteiger charge is -2.25. The summed E-state index contributed by atoms with van der Waals surface area (Å²) < 4.78 is 0. The fourth-order valence-electron chi connectivity index (χ4n) is 1.53. The number of nitro groups is 1. The van der Waals surface area contributed by atoms with Gasteiger partial charge in [0.25, 0.3) is 11.6 Å². The quantitative estimate of drug-likeness (QED) is 0.633. The van der Waals surface area contributed by atoms with Gasteiger partial charge in [-0.1, -0.05) is 6.92 Å². The summed E-state index contributed by atoms with van der Waals surface area (Å²) in [6.07, 6.45) is 0.821. The number of rotatable bonds is 5. The van der Waals surface area contributed by atoms with Gasteiger partial charge < -0.3 is 10.6 Å². The van der Waals surface area contributed by atoms with Gasteiger partial charge in [-0.15, -0.1) is 0 Å². The van der Waals surface area contributed by atoms with Crippen molar-refractivity contribution < 1.29 is 9.72 Å². The van der Waals surface area contributed by atoms with Gasteiger partial charge in [0, 0.05) is 24.2 Å². The molecule has 0 spiro atoms. The van der Waals surface area contributed by atoms with E-state index in [1.807, 2.05) is 20.8 Å². The Morgan fingerprint density at radius 2 is 2.05 bits per heavy atom. The highest BCUT2D eigenvalue weighted by atomic mass is 16.6. The van der Waals surface area contributed by atoms with Crippen LogP contribution in [-0.2, 0) is 0 Å². The second-order valence-electron chi connectivity index (χ2n) is 4.93. The molecule has 0 atom stereocenters. The van der Waals surface area contributed by atoms with Gasteiger partial charge >= 0.3 is 0 Å². The first-order chi connectivity index (χ1) is 8.80. The Labute approximate surface area is 112 Å². The predicted molar refractivity (Wildman–Crippen MR) is 74.5 cm³/mol. The number of nitrogens with zero attached hydrogens (tertiary/aromatic N) is 1. The zero-order chi connectivity index (χ0) is 14.6. The minimum absolute atomic E-state index is 0.0948. The van der Waals surface area contributed by atoms with Crippen molar-refractivity contribution in [3.8, 4) is 0 Å². The summed E-state index contributed by atoms with van der Waals surface area (Å²) in [6.45, 7) is 5.92. The molecule has 1 aromatic rings. The molecular weight excluding hydrogens is 246 g/mol. The molecule has 6 heteroatoms. The molecular formula is C13H19N3O3. The van der Waals surface area contributed by atoms with Crippen molar-refractivity contribution in [1.29, 1.82) is 0 Å². The molecule has 0 aliphatic carbocycles. The van der Waals surface area contributed by atoms with Crippen LogP contribution in [-0.4, -0.2) is 23.4 Å². The molecule has 0 fully saturated rings. The Morgan fingerprint density at radius 1 is 1.42 bits per heavy atom. The van der Waals surface area contributed by atoms with Gasteiger partial charge in [0.05, 0.1) is 4.92 Å². The van der Waals surface area contributed by atoms with E-state index in [9.17, 15) is 14.9 Å². The third-order valence-corrected chi connectivity index (χ3v) is 3.04. The molecule has 0 saturated carbocycles. The number of nitrogens with one attached hydrogen (secondary N) is 2. The molecule has 1 amide bonds. The summed E-state index contributed by atoms with van der Waals surface area (Å²) in [4.78, 5) is 22.1. The number of anilines is 1. The van der Waals surface area contributed by atoms with Crippen molar-refractivity contribution >= 4 is 17.3 Å². The Morgan fingerprint density at radius 3 is 2.53 bits per heavy atom. The largest absolute Gasteiger partial charge is 0.375 e. The van der Waals surface area contributed by atoms with Crippen molar-refractivity contribution in [3.05, 3.63) is 33.9 Å². The van der Waals surface area contributed by atoms with E-state index >= 15 is 0 Å². The molecule has 1 aromatic carbocycles. The average molecular weight is 265 g/mol. The Hall–Kier alpha value is -2.11. The maximum Gasteiger partial charge on any atom is 0.293 e. The van der Waals surface area contributed by atoms with Crippen LogP contribution in [0.5, 0.6) is 0 Å². The highest BCUT2D eigenvalue weighted by Crippen LogP contribution is 2.29.